The van der Waals surface area contributed by atoms with E-state index in [1.54, 1.807) is 0 Å². The number of aliphatic hydroxyl groups is 1. The molecule has 19 heavy (non-hydrogen) atoms. The van der Waals surface area contributed by atoms with E-state index in [0.717, 1.165) is 18.2 Å². The molecule has 2 N–H and O–H groups in total. The fourth-order valence-electron chi connectivity index (χ4n) is 2.71. The van der Waals surface area contributed by atoms with Crippen molar-refractivity contribution in [1.82, 2.24) is 0 Å². The summed E-state index contributed by atoms with van der Waals surface area (Å²) < 4.78 is 0. The monoisotopic (exact) mass is 261 g/mol. The summed E-state index contributed by atoms with van der Waals surface area (Å²) in [4.78, 5) is 0. The van der Waals surface area contributed by atoms with Crippen LogP contribution in [0.1, 0.15) is 57.4 Å². The van der Waals surface area contributed by atoms with Crippen LogP contribution < -0.4 is 5.32 Å². The lowest BCUT2D eigenvalue weighted by molar-refractivity contribution is 0.171. The van der Waals surface area contributed by atoms with E-state index in [1.165, 1.54) is 37.7 Å². The molecule has 1 aliphatic carbocycles. The second-order valence-corrected chi connectivity index (χ2v) is 6.63. The first-order valence-electron chi connectivity index (χ1n) is 7.55. The molecule has 2 nitrogen and oxygen atoms in total. The third kappa shape index (κ3) is 4.24. The topological polar surface area (TPSA) is 32.3 Å². The Morgan fingerprint density at radius 1 is 1.11 bits per heavy atom. The SMILES string of the molecule is CC(C)(CO)CNc1ccc(C2CCCCC2)cc1. The predicted molar refractivity (Wildman–Crippen MR) is 81.6 cm³/mol. The van der Waals surface area contributed by atoms with Crippen LogP contribution in [-0.4, -0.2) is 18.3 Å². The highest BCUT2D eigenvalue weighted by atomic mass is 16.3. The molecule has 0 atom stereocenters. The molecule has 0 unspecified atom stereocenters. The van der Waals surface area contributed by atoms with E-state index in [4.69, 9.17) is 0 Å². The molecule has 0 aliphatic heterocycles. The van der Waals surface area contributed by atoms with Gasteiger partial charge in [-0.15, -0.1) is 0 Å². The number of rotatable bonds is 5. The molecule has 0 bridgehead atoms. The molecule has 0 aromatic heterocycles. The summed E-state index contributed by atoms with van der Waals surface area (Å²) >= 11 is 0. The van der Waals surface area contributed by atoms with Gasteiger partial charge in [0.1, 0.15) is 0 Å². The highest BCUT2D eigenvalue weighted by Crippen LogP contribution is 2.33. The Balaban J connectivity index is 1.91. The molecule has 0 spiro atoms. The summed E-state index contributed by atoms with van der Waals surface area (Å²) in [5.41, 5.74) is 2.58. The number of hydrogen-bond donors (Lipinski definition) is 2. The summed E-state index contributed by atoms with van der Waals surface area (Å²) in [6, 6.07) is 8.89. The van der Waals surface area contributed by atoms with Crippen molar-refractivity contribution in [3.05, 3.63) is 29.8 Å². The Morgan fingerprint density at radius 2 is 1.74 bits per heavy atom. The quantitative estimate of drug-likeness (QED) is 0.834. The Kier molecular flexibility index (Phi) is 4.87. The molecular formula is C17H27NO. The van der Waals surface area contributed by atoms with Gasteiger partial charge in [0.25, 0.3) is 0 Å². The van der Waals surface area contributed by atoms with Crippen molar-refractivity contribution in [2.45, 2.75) is 51.9 Å². The molecule has 106 valence electrons. The zero-order valence-electron chi connectivity index (χ0n) is 12.3. The summed E-state index contributed by atoms with van der Waals surface area (Å²) in [5, 5.41) is 12.7. The van der Waals surface area contributed by atoms with Gasteiger partial charge < -0.3 is 10.4 Å². The van der Waals surface area contributed by atoms with Gasteiger partial charge in [0.15, 0.2) is 0 Å². The number of nitrogens with one attached hydrogen (secondary N) is 1. The molecule has 2 rings (SSSR count). The molecule has 1 aromatic carbocycles. The molecule has 0 heterocycles. The third-order valence-electron chi connectivity index (χ3n) is 4.19. The van der Waals surface area contributed by atoms with Crippen LogP contribution >= 0.6 is 0 Å². The maximum Gasteiger partial charge on any atom is 0.0498 e. The van der Waals surface area contributed by atoms with Gasteiger partial charge in [-0.1, -0.05) is 45.2 Å². The summed E-state index contributed by atoms with van der Waals surface area (Å²) in [5.74, 6) is 0.775. The lowest BCUT2D eigenvalue weighted by atomic mass is 9.84. The fraction of sp³-hybridized carbons (Fsp3) is 0.647. The summed E-state index contributed by atoms with van der Waals surface area (Å²) in [6.07, 6.45) is 6.88. The van der Waals surface area contributed by atoms with E-state index in [2.05, 4.69) is 43.4 Å². The molecule has 1 saturated carbocycles. The Morgan fingerprint density at radius 3 is 2.32 bits per heavy atom. The van der Waals surface area contributed by atoms with E-state index in [9.17, 15) is 5.11 Å². The van der Waals surface area contributed by atoms with Crippen LogP contribution in [0.4, 0.5) is 5.69 Å². The standard InChI is InChI=1S/C17H27NO/c1-17(2,13-19)12-18-16-10-8-15(9-11-16)14-6-4-3-5-7-14/h8-11,14,18-19H,3-7,12-13H2,1-2H3. The molecule has 2 heteroatoms. The molecular weight excluding hydrogens is 234 g/mol. The van der Waals surface area contributed by atoms with Gasteiger partial charge in [0, 0.05) is 24.3 Å². The lowest BCUT2D eigenvalue weighted by Gasteiger charge is -2.24. The molecule has 0 saturated heterocycles. The maximum atomic E-state index is 9.25. The fourth-order valence-corrected chi connectivity index (χ4v) is 2.71. The van der Waals surface area contributed by atoms with Gasteiger partial charge in [-0.25, -0.2) is 0 Å². The van der Waals surface area contributed by atoms with E-state index in [0.29, 0.717) is 0 Å². The maximum absolute atomic E-state index is 9.25. The zero-order valence-corrected chi connectivity index (χ0v) is 12.3. The van der Waals surface area contributed by atoms with E-state index in [-0.39, 0.29) is 12.0 Å². The van der Waals surface area contributed by atoms with Crippen LogP contribution in [-0.2, 0) is 0 Å². The normalized spacial score (nSPS) is 17.4. The van der Waals surface area contributed by atoms with Crippen molar-refractivity contribution < 1.29 is 5.11 Å². The van der Waals surface area contributed by atoms with Crippen LogP contribution in [0.5, 0.6) is 0 Å². The van der Waals surface area contributed by atoms with Crippen LogP contribution in [0.25, 0.3) is 0 Å². The first-order valence-corrected chi connectivity index (χ1v) is 7.55. The van der Waals surface area contributed by atoms with Crippen LogP contribution in [0.3, 0.4) is 0 Å². The Bertz CT molecular complexity index is 377. The number of hydrogen-bond acceptors (Lipinski definition) is 2. The average molecular weight is 261 g/mol. The van der Waals surface area contributed by atoms with E-state index < -0.39 is 0 Å². The van der Waals surface area contributed by atoms with Crippen molar-refractivity contribution in [2.24, 2.45) is 5.41 Å². The number of aliphatic hydroxyl groups excluding tert-OH is 1. The highest BCUT2D eigenvalue weighted by Gasteiger charge is 2.17. The minimum Gasteiger partial charge on any atom is -0.396 e. The van der Waals surface area contributed by atoms with Crippen LogP contribution in [0, 0.1) is 5.41 Å². The number of benzene rings is 1. The number of anilines is 1. The minimum atomic E-state index is -0.0674. The third-order valence-corrected chi connectivity index (χ3v) is 4.19. The Hall–Kier alpha value is -1.02. The van der Waals surface area contributed by atoms with Crippen molar-refractivity contribution in [2.75, 3.05) is 18.5 Å². The summed E-state index contributed by atoms with van der Waals surface area (Å²) in [6.45, 7) is 5.14. The first kappa shape index (κ1) is 14.4. The van der Waals surface area contributed by atoms with E-state index in [1.807, 2.05) is 0 Å². The van der Waals surface area contributed by atoms with Crippen molar-refractivity contribution >= 4 is 5.69 Å². The van der Waals surface area contributed by atoms with Gasteiger partial charge in [-0.2, -0.15) is 0 Å². The smallest absolute Gasteiger partial charge is 0.0498 e. The molecule has 0 radical (unpaired) electrons. The van der Waals surface area contributed by atoms with Gasteiger partial charge in [0.05, 0.1) is 0 Å². The molecule has 1 aliphatic rings. The Labute approximate surface area is 117 Å². The second kappa shape index (κ2) is 6.42. The van der Waals surface area contributed by atoms with E-state index >= 15 is 0 Å². The van der Waals surface area contributed by atoms with Crippen LogP contribution in [0.15, 0.2) is 24.3 Å². The van der Waals surface area contributed by atoms with Gasteiger partial charge in [-0.3, -0.25) is 0 Å². The predicted octanol–water partition coefficient (Wildman–Crippen LogP) is 4.16. The minimum absolute atomic E-state index is 0.0674. The first-order chi connectivity index (χ1) is 9.11. The van der Waals surface area contributed by atoms with Crippen molar-refractivity contribution in [3.8, 4) is 0 Å². The van der Waals surface area contributed by atoms with Gasteiger partial charge >= 0.3 is 0 Å². The van der Waals surface area contributed by atoms with Crippen molar-refractivity contribution in [1.29, 1.82) is 0 Å². The van der Waals surface area contributed by atoms with Gasteiger partial charge in [0.2, 0.25) is 0 Å². The summed E-state index contributed by atoms with van der Waals surface area (Å²) in [7, 11) is 0. The molecule has 1 aromatic rings. The van der Waals surface area contributed by atoms with Gasteiger partial charge in [-0.05, 0) is 36.5 Å². The second-order valence-electron chi connectivity index (χ2n) is 6.63. The molecule has 0 amide bonds. The largest absolute Gasteiger partial charge is 0.396 e. The van der Waals surface area contributed by atoms with Crippen molar-refractivity contribution in [3.63, 3.8) is 0 Å². The van der Waals surface area contributed by atoms with Crippen LogP contribution in [0.2, 0.25) is 0 Å². The lowest BCUT2D eigenvalue weighted by Crippen LogP contribution is -2.26. The molecule has 1 fully saturated rings. The highest BCUT2D eigenvalue weighted by molar-refractivity contribution is 5.45. The zero-order chi connectivity index (χ0) is 13.7. The average Bonchev–Trinajstić information content (AvgIpc) is 2.47.